The van der Waals surface area contributed by atoms with Crippen LogP contribution >= 0.6 is 0 Å². The maximum Gasteiger partial charge on any atom is 0.101 e. The zero-order chi connectivity index (χ0) is 13.7. The highest BCUT2D eigenvalue weighted by Crippen LogP contribution is 2.22. The first-order valence-corrected chi connectivity index (χ1v) is 8.07. The standard InChI is InChI=1S/C14H19N3OS/c1-2-16-11-12-3-4-14(13(9-12)10-15)17-5-7-19(18)8-6-17/h3-4,9,16H,2,5-8,11H2,1H3. The van der Waals surface area contributed by atoms with Crippen molar-refractivity contribution in [3.8, 4) is 6.07 Å². The highest BCUT2D eigenvalue weighted by atomic mass is 32.2. The van der Waals surface area contributed by atoms with E-state index in [2.05, 4.69) is 29.3 Å². The molecule has 0 aliphatic carbocycles. The van der Waals surface area contributed by atoms with Crippen molar-refractivity contribution in [3.63, 3.8) is 0 Å². The van der Waals surface area contributed by atoms with Gasteiger partial charge in [0.15, 0.2) is 0 Å². The SMILES string of the molecule is CCNCc1ccc(N2CCS(=O)CC2)c(C#N)c1. The van der Waals surface area contributed by atoms with Crippen LogP contribution in [0.3, 0.4) is 0 Å². The molecule has 5 heteroatoms. The Bertz CT molecular complexity index is 500. The van der Waals surface area contributed by atoms with Gasteiger partial charge in [-0.25, -0.2) is 0 Å². The van der Waals surface area contributed by atoms with Crippen molar-refractivity contribution in [1.82, 2.24) is 5.32 Å². The molecule has 0 amide bonds. The molecule has 1 heterocycles. The quantitative estimate of drug-likeness (QED) is 0.899. The molecule has 0 atom stereocenters. The minimum atomic E-state index is -0.687. The third-order valence-electron chi connectivity index (χ3n) is 3.28. The van der Waals surface area contributed by atoms with Crippen LogP contribution in [-0.4, -0.2) is 35.3 Å². The molecule has 0 radical (unpaired) electrons. The second kappa shape index (κ2) is 6.69. The molecule has 0 unspecified atom stereocenters. The second-order valence-corrected chi connectivity index (χ2v) is 6.27. The van der Waals surface area contributed by atoms with Gasteiger partial charge in [0.2, 0.25) is 0 Å². The number of anilines is 1. The molecule has 1 saturated heterocycles. The van der Waals surface area contributed by atoms with E-state index in [4.69, 9.17) is 0 Å². The minimum Gasteiger partial charge on any atom is -0.369 e. The summed E-state index contributed by atoms with van der Waals surface area (Å²) in [5, 5.41) is 12.6. The molecule has 4 nitrogen and oxygen atoms in total. The highest BCUT2D eigenvalue weighted by molar-refractivity contribution is 7.85. The number of benzene rings is 1. The van der Waals surface area contributed by atoms with Crippen LogP contribution in [0.4, 0.5) is 5.69 Å². The van der Waals surface area contributed by atoms with Gasteiger partial charge >= 0.3 is 0 Å². The van der Waals surface area contributed by atoms with Gasteiger partial charge in [0.1, 0.15) is 6.07 Å². The van der Waals surface area contributed by atoms with Crippen molar-refractivity contribution in [2.75, 3.05) is 36.0 Å². The van der Waals surface area contributed by atoms with Crippen molar-refractivity contribution >= 4 is 16.5 Å². The lowest BCUT2D eigenvalue weighted by Crippen LogP contribution is -2.38. The summed E-state index contributed by atoms with van der Waals surface area (Å²) in [5.41, 5.74) is 2.81. The smallest absolute Gasteiger partial charge is 0.101 e. The van der Waals surface area contributed by atoms with Crippen molar-refractivity contribution in [2.45, 2.75) is 13.5 Å². The van der Waals surface area contributed by atoms with Gasteiger partial charge in [-0.1, -0.05) is 13.0 Å². The number of nitrogens with zero attached hydrogens (tertiary/aromatic N) is 2. The Morgan fingerprint density at radius 2 is 2.16 bits per heavy atom. The number of nitriles is 1. The number of rotatable bonds is 4. The Kier molecular flexibility index (Phi) is 4.94. The normalized spacial score (nSPS) is 16.3. The third-order valence-corrected chi connectivity index (χ3v) is 4.55. The van der Waals surface area contributed by atoms with Gasteiger partial charge in [0.05, 0.1) is 11.3 Å². The third kappa shape index (κ3) is 3.55. The first-order valence-electron chi connectivity index (χ1n) is 6.58. The maximum atomic E-state index is 11.4. The van der Waals surface area contributed by atoms with E-state index in [1.807, 2.05) is 12.1 Å². The predicted molar refractivity (Wildman–Crippen MR) is 78.6 cm³/mol. The second-order valence-electron chi connectivity index (χ2n) is 4.58. The van der Waals surface area contributed by atoms with E-state index in [-0.39, 0.29) is 0 Å². The average molecular weight is 277 g/mol. The molecule has 0 bridgehead atoms. The van der Waals surface area contributed by atoms with Crippen molar-refractivity contribution in [2.24, 2.45) is 0 Å². The summed E-state index contributed by atoms with van der Waals surface area (Å²) in [6.45, 7) is 5.31. The van der Waals surface area contributed by atoms with Gasteiger partial charge in [0, 0.05) is 41.9 Å². The Morgan fingerprint density at radius 1 is 1.42 bits per heavy atom. The first kappa shape index (κ1) is 14.0. The summed E-state index contributed by atoms with van der Waals surface area (Å²) >= 11 is 0. The topological polar surface area (TPSA) is 56.1 Å². The molecule has 1 aliphatic rings. The van der Waals surface area contributed by atoms with E-state index in [1.54, 1.807) is 0 Å². The first-order chi connectivity index (χ1) is 9.24. The molecule has 1 aliphatic heterocycles. The van der Waals surface area contributed by atoms with Crippen LogP contribution in [0.5, 0.6) is 0 Å². The minimum absolute atomic E-state index is 0.687. The Balaban J connectivity index is 2.16. The van der Waals surface area contributed by atoms with Gasteiger partial charge in [0.25, 0.3) is 0 Å². The van der Waals surface area contributed by atoms with Gasteiger partial charge in [-0.05, 0) is 24.2 Å². The predicted octanol–water partition coefficient (Wildman–Crippen LogP) is 1.24. The largest absolute Gasteiger partial charge is 0.369 e. The van der Waals surface area contributed by atoms with E-state index in [0.29, 0.717) is 17.1 Å². The van der Waals surface area contributed by atoms with Crippen LogP contribution < -0.4 is 10.2 Å². The molecular formula is C14H19N3OS. The Morgan fingerprint density at radius 3 is 2.79 bits per heavy atom. The molecule has 1 aromatic rings. The van der Waals surface area contributed by atoms with Gasteiger partial charge in [-0.15, -0.1) is 0 Å². The van der Waals surface area contributed by atoms with E-state index in [1.165, 1.54) is 0 Å². The van der Waals surface area contributed by atoms with Crippen LogP contribution in [-0.2, 0) is 17.3 Å². The lowest BCUT2D eigenvalue weighted by molar-refractivity contribution is 0.673. The van der Waals surface area contributed by atoms with Crippen LogP contribution in [0.15, 0.2) is 18.2 Å². The van der Waals surface area contributed by atoms with Crippen LogP contribution in [0.1, 0.15) is 18.1 Å². The van der Waals surface area contributed by atoms with E-state index in [9.17, 15) is 9.47 Å². The lowest BCUT2D eigenvalue weighted by atomic mass is 10.1. The van der Waals surface area contributed by atoms with E-state index in [0.717, 1.165) is 37.4 Å². The highest BCUT2D eigenvalue weighted by Gasteiger charge is 2.18. The van der Waals surface area contributed by atoms with Gasteiger partial charge < -0.3 is 10.2 Å². The lowest BCUT2D eigenvalue weighted by Gasteiger charge is -2.29. The molecule has 0 saturated carbocycles. The molecule has 1 fully saturated rings. The summed E-state index contributed by atoms with van der Waals surface area (Å²) in [6.07, 6.45) is 0. The monoisotopic (exact) mass is 277 g/mol. The Hall–Kier alpha value is -1.38. The molecule has 2 rings (SSSR count). The number of hydrogen-bond donors (Lipinski definition) is 1. The molecule has 1 N–H and O–H groups in total. The molecule has 102 valence electrons. The fourth-order valence-corrected chi connectivity index (χ4v) is 3.26. The van der Waals surface area contributed by atoms with Crippen LogP contribution in [0.2, 0.25) is 0 Å². The zero-order valence-corrected chi connectivity index (χ0v) is 12.0. The summed E-state index contributed by atoms with van der Waals surface area (Å²) in [6, 6.07) is 8.30. The van der Waals surface area contributed by atoms with Crippen molar-refractivity contribution in [1.29, 1.82) is 5.26 Å². The average Bonchev–Trinajstić information content (AvgIpc) is 2.46. The summed E-state index contributed by atoms with van der Waals surface area (Å²) in [4.78, 5) is 2.16. The van der Waals surface area contributed by atoms with Gasteiger partial charge in [-0.3, -0.25) is 4.21 Å². The van der Waals surface area contributed by atoms with Crippen LogP contribution in [0, 0.1) is 11.3 Å². The maximum absolute atomic E-state index is 11.4. The number of nitrogens with one attached hydrogen (secondary N) is 1. The van der Waals surface area contributed by atoms with E-state index < -0.39 is 10.8 Å². The van der Waals surface area contributed by atoms with Crippen molar-refractivity contribution < 1.29 is 4.21 Å². The molecule has 19 heavy (non-hydrogen) atoms. The van der Waals surface area contributed by atoms with Crippen LogP contribution in [0.25, 0.3) is 0 Å². The summed E-state index contributed by atoms with van der Waals surface area (Å²) in [7, 11) is -0.687. The fraction of sp³-hybridized carbons (Fsp3) is 0.500. The zero-order valence-electron chi connectivity index (χ0n) is 11.2. The summed E-state index contributed by atoms with van der Waals surface area (Å²) in [5.74, 6) is 1.40. The van der Waals surface area contributed by atoms with Crippen molar-refractivity contribution in [3.05, 3.63) is 29.3 Å². The fourth-order valence-electron chi connectivity index (χ4n) is 2.21. The summed E-state index contributed by atoms with van der Waals surface area (Å²) < 4.78 is 11.4. The van der Waals surface area contributed by atoms with E-state index >= 15 is 0 Å². The Labute approximate surface area is 116 Å². The molecule has 1 aromatic carbocycles. The molecule has 0 aromatic heterocycles. The molecule has 0 spiro atoms. The van der Waals surface area contributed by atoms with Gasteiger partial charge in [-0.2, -0.15) is 5.26 Å². The molecular weight excluding hydrogens is 258 g/mol. The number of hydrogen-bond acceptors (Lipinski definition) is 4.